The molecule has 16 heavy (non-hydrogen) atoms. The Morgan fingerprint density at radius 1 is 1.50 bits per heavy atom. The molecule has 0 aromatic carbocycles. The number of carbonyl (C=O) groups excluding carboxylic acids is 1. The second kappa shape index (κ2) is 5.94. The predicted octanol–water partition coefficient (Wildman–Crippen LogP) is 2.97. The van der Waals surface area contributed by atoms with E-state index in [0.29, 0.717) is 17.6 Å². The highest BCUT2D eigenvalue weighted by Crippen LogP contribution is 2.09. The summed E-state index contributed by atoms with van der Waals surface area (Å²) in [5.74, 6) is 1.80. The summed E-state index contributed by atoms with van der Waals surface area (Å²) in [6.07, 6.45) is 0.870. The normalized spacial score (nSPS) is 12.8. The molecule has 90 valence electrons. The summed E-state index contributed by atoms with van der Waals surface area (Å²) in [7, 11) is 0. The molecule has 0 radical (unpaired) electrons. The Kier molecular flexibility index (Phi) is 4.87. The first-order valence-corrected chi connectivity index (χ1v) is 5.99. The van der Waals surface area contributed by atoms with Crippen LogP contribution in [0, 0.1) is 12.8 Å². The Hall–Kier alpha value is -0.960. The summed E-state index contributed by atoms with van der Waals surface area (Å²) in [4.78, 5) is 11.7. The van der Waals surface area contributed by atoms with Crippen molar-refractivity contribution in [2.24, 2.45) is 5.92 Å². The zero-order valence-corrected chi connectivity index (χ0v) is 10.7. The molecular weight excluding hydrogens is 226 g/mol. The van der Waals surface area contributed by atoms with Gasteiger partial charge in [0.05, 0.1) is 0 Å². The van der Waals surface area contributed by atoms with Crippen LogP contribution in [-0.2, 0) is 0 Å². The first kappa shape index (κ1) is 13.1. The summed E-state index contributed by atoms with van der Waals surface area (Å²) in [6, 6.07) is 3.44. The van der Waals surface area contributed by atoms with E-state index < -0.39 is 0 Å². The monoisotopic (exact) mass is 243 g/mol. The molecule has 0 aliphatic rings. The van der Waals surface area contributed by atoms with E-state index in [1.54, 1.807) is 12.1 Å². The number of rotatable bonds is 5. The van der Waals surface area contributed by atoms with E-state index in [1.165, 1.54) is 0 Å². The van der Waals surface area contributed by atoms with Crippen LogP contribution in [0.5, 0.6) is 0 Å². The number of furan rings is 1. The fourth-order valence-corrected chi connectivity index (χ4v) is 1.75. The summed E-state index contributed by atoms with van der Waals surface area (Å²) in [5, 5.41) is 2.86. The molecule has 1 heterocycles. The quantitative estimate of drug-likeness (QED) is 0.808. The van der Waals surface area contributed by atoms with Gasteiger partial charge >= 0.3 is 0 Å². The molecule has 1 N–H and O–H groups in total. The van der Waals surface area contributed by atoms with Crippen LogP contribution in [0.4, 0.5) is 0 Å². The van der Waals surface area contributed by atoms with Crippen LogP contribution >= 0.6 is 11.6 Å². The van der Waals surface area contributed by atoms with Crippen LogP contribution in [0.1, 0.15) is 36.6 Å². The molecule has 1 atom stereocenters. The van der Waals surface area contributed by atoms with Gasteiger partial charge in [-0.2, -0.15) is 0 Å². The van der Waals surface area contributed by atoms with Gasteiger partial charge in [-0.05, 0) is 31.4 Å². The van der Waals surface area contributed by atoms with Crippen LogP contribution in [0.15, 0.2) is 16.5 Å². The molecule has 0 saturated carbocycles. The van der Waals surface area contributed by atoms with Crippen LogP contribution in [-0.4, -0.2) is 17.8 Å². The van der Waals surface area contributed by atoms with Crippen LogP contribution < -0.4 is 5.32 Å². The minimum Gasteiger partial charge on any atom is -0.456 e. The van der Waals surface area contributed by atoms with Gasteiger partial charge in [-0.1, -0.05) is 13.8 Å². The van der Waals surface area contributed by atoms with Crippen molar-refractivity contribution in [2.45, 2.75) is 33.2 Å². The van der Waals surface area contributed by atoms with Gasteiger partial charge in [0.15, 0.2) is 5.76 Å². The largest absolute Gasteiger partial charge is 0.456 e. The molecule has 1 rings (SSSR count). The van der Waals surface area contributed by atoms with Crippen molar-refractivity contribution in [3.05, 3.63) is 23.7 Å². The molecule has 0 aliphatic heterocycles. The molecule has 0 bridgehead atoms. The average Bonchev–Trinajstić information content (AvgIpc) is 2.63. The van der Waals surface area contributed by atoms with Gasteiger partial charge in [0.2, 0.25) is 0 Å². The highest BCUT2D eigenvalue weighted by atomic mass is 35.5. The van der Waals surface area contributed by atoms with Gasteiger partial charge in [-0.25, -0.2) is 0 Å². The number of amides is 1. The average molecular weight is 244 g/mol. The standard InChI is InChI=1S/C12H18ClNO2/c1-8(2)6-10(7-13)14-12(15)11-5-4-9(3)16-11/h4-5,8,10H,6-7H2,1-3H3,(H,14,15). The Morgan fingerprint density at radius 2 is 2.19 bits per heavy atom. The van der Waals surface area contributed by atoms with Crippen molar-refractivity contribution >= 4 is 17.5 Å². The zero-order chi connectivity index (χ0) is 12.1. The molecule has 3 nitrogen and oxygen atoms in total. The number of aryl methyl sites for hydroxylation is 1. The Bertz CT molecular complexity index is 347. The van der Waals surface area contributed by atoms with Gasteiger partial charge in [-0.3, -0.25) is 4.79 Å². The fourth-order valence-electron chi connectivity index (χ4n) is 1.54. The Balaban J connectivity index is 2.55. The van der Waals surface area contributed by atoms with E-state index in [-0.39, 0.29) is 11.9 Å². The van der Waals surface area contributed by atoms with E-state index in [2.05, 4.69) is 19.2 Å². The summed E-state index contributed by atoms with van der Waals surface area (Å²) in [6.45, 7) is 6.01. The zero-order valence-electron chi connectivity index (χ0n) is 9.92. The Morgan fingerprint density at radius 3 is 2.62 bits per heavy atom. The van der Waals surface area contributed by atoms with E-state index >= 15 is 0 Å². The van der Waals surface area contributed by atoms with Crippen molar-refractivity contribution in [2.75, 3.05) is 5.88 Å². The molecule has 4 heteroatoms. The third kappa shape index (κ3) is 3.89. The minimum absolute atomic E-state index is 0.000396. The van der Waals surface area contributed by atoms with Gasteiger partial charge in [-0.15, -0.1) is 11.6 Å². The van der Waals surface area contributed by atoms with Crippen molar-refractivity contribution < 1.29 is 9.21 Å². The third-order valence-corrected chi connectivity index (χ3v) is 2.61. The maximum Gasteiger partial charge on any atom is 0.287 e. The second-order valence-corrected chi connectivity index (χ2v) is 4.67. The first-order valence-electron chi connectivity index (χ1n) is 5.46. The third-order valence-electron chi connectivity index (χ3n) is 2.24. The molecule has 0 spiro atoms. The lowest BCUT2D eigenvalue weighted by molar-refractivity contribution is 0.0907. The van der Waals surface area contributed by atoms with Gasteiger partial charge in [0.1, 0.15) is 5.76 Å². The van der Waals surface area contributed by atoms with Crippen LogP contribution in [0.3, 0.4) is 0 Å². The molecule has 1 unspecified atom stereocenters. The first-order chi connectivity index (χ1) is 7.52. The second-order valence-electron chi connectivity index (χ2n) is 4.36. The number of carbonyl (C=O) groups is 1. The lowest BCUT2D eigenvalue weighted by Crippen LogP contribution is -2.36. The SMILES string of the molecule is Cc1ccc(C(=O)NC(CCl)CC(C)C)o1. The lowest BCUT2D eigenvalue weighted by Gasteiger charge is -2.17. The number of nitrogens with one attached hydrogen (secondary N) is 1. The predicted molar refractivity (Wildman–Crippen MR) is 64.9 cm³/mol. The van der Waals surface area contributed by atoms with Gasteiger partial charge in [0, 0.05) is 11.9 Å². The van der Waals surface area contributed by atoms with E-state index in [9.17, 15) is 4.79 Å². The molecule has 1 amide bonds. The molecule has 1 aromatic rings. The molecule has 0 fully saturated rings. The molecular formula is C12H18ClNO2. The number of hydrogen-bond donors (Lipinski definition) is 1. The summed E-state index contributed by atoms with van der Waals surface area (Å²) in [5.41, 5.74) is 0. The number of hydrogen-bond acceptors (Lipinski definition) is 2. The van der Waals surface area contributed by atoms with Gasteiger partial charge < -0.3 is 9.73 Å². The topological polar surface area (TPSA) is 42.2 Å². The van der Waals surface area contributed by atoms with Crippen molar-refractivity contribution in [1.29, 1.82) is 0 Å². The maximum absolute atomic E-state index is 11.7. The number of halogens is 1. The summed E-state index contributed by atoms with van der Waals surface area (Å²) >= 11 is 5.80. The number of alkyl halides is 1. The van der Waals surface area contributed by atoms with Gasteiger partial charge in [0.25, 0.3) is 5.91 Å². The Labute approximate surface area is 101 Å². The highest BCUT2D eigenvalue weighted by molar-refractivity contribution is 6.18. The molecule has 0 saturated heterocycles. The van der Waals surface area contributed by atoms with Crippen molar-refractivity contribution in [3.63, 3.8) is 0 Å². The molecule has 0 aliphatic carbocycles. The molecule has 1 aromatic heterocycles. The fraction of sp³-hybridized carbons (Fsp3) is 0.583. The van der Waals surface area contributed by atoms with E-state index in [0.717, 1.165) is 12.2 Å². The lowest BCUT2D eigenvalue weighted by atomic mass is 10.1. The maximum atomic E-state index is 11.7. The van der Waals surface area contributed by atoms with Crippen molar-refractivity contribution in [3.8, 4) is 0 Å². The summed E-state index contributed by atoms with van der Waals surface area (Å²) < 4.78 is 5.24. The highest BCUT2D eigenvalue weighted by Gasteiger charge is 2.16. The van der Waals surface area contributed by atoms with E-state index in [4.69, 9.17) is 16.0 Å². The smallest absolute Gasteiger partial charge is 0.287 e. The van der Waals surface area contributed by atoms with Crippen LogP contribution in [0.2, 0.25) is 0 Å². The minimum atomic E-state index is -0.195. The van der Waals surface area contributed by atoms with E-state index in [1.807, 2.05) is 6.92 Å². The van der Waals surface area contributed by atoms with Crippen molar-refractivity contribution in [1.82, 2.24) is 5.32 Å². The van der Waals surface area contributed by atoms with Crippen LogP contribution in [0.25, 0.3) is 0 Å².